The van der Waals surface area contributed by atoms with Gasteiger partial charge >= 0.3 is 118 Å². The topological polar surface area (TPSA) is 103 Å². The smallest absolute Gasteiger partial charge is 0.255 e. The first-order valence-corrected chi connectivity index (χ1v) is 20.2. The van der Waals surface area contributed by atoms with E-state index in [-0.39, 0.29) is 19.5 Å². The van der Waals surface area contributed by atoms with Gasteiger partial charge in [-0.25, -0.2) is 19.9 Å². The van der Waals surface area contributed by atoms with Crippen molar-refractivity contribution in [1.82, 2.24) is 39.9 Å². The van der Waals surface area contributed by atoms with Crippen molar-refractivity contribution in [3.8, 4) is 34.4 Å². The molecule has 0 bridgehead atoms. The van der Waals surface area contributed by atoms with Crippen LogP contribution in [0.4, 0.5) is 75.5 Å². The number of nitrogens with zero attached hydrogens (tertiary/aromatic N) is 8. The van der Waals surface area contributed by atoms with Gasteiger partial charge in [-0.2, -0.15) is 0 Å². The molecule has 6 heterocycles. The Hall–Kier alpha value is -4.59. The molecule has 1 radical (unpaired) electrons. The van der Waals surface area contributed by atoms with Crippen LogP contribution in [0.2, 0.25) is 0 Å². The van der Waals surface area contributed by atoms with Crippen molar-refractivity contribution in [1.29, 1.82) is 0 Å². The van der Waals surface area contributed by atoms with E-state index in [1.54, 1.807) is 61.7 Å². The summed E-state index contributed by atoms with van der Waals surface area (Å²) in [6.07, 6.45) is 13.7. The van der Waals surface area contributed by atoms with Crippen LogP contribution in [0, 0.1) is 0 Å². The molecule has 0 aliphatic heterocycles. The molecule has 0 aliphatic carbocycles. The van der Waals surface area contributed by atoms with E-state index < -0.39 is 23.4 Å². The SMILES string of the molecule is F[P-](F)(F)(F)(F)F.F[P-](F)(F)(F)(F)F.F[P-](F)(F)(F)(F)F.[Ru+3].c1ccc(-c2ccccn2)nc1.c1ccc(-c2ccccn2)nc1.c1cnc(-c2ncccn2)nc1. The number of pyridine rings is 4. The first-order valence-electron chi connectivity index (χ1n) is 14.1. The molecule has 8 nitrogen and oxygen atoms in total. The van der Waals surface area contributed by atoms with Gasteiger partial charge in [-0.1, -0.05) is 24.3 Å². The van der Waals surface area contributed by atoms with Crippen LogP contribution < -0.4 is 0 Å². The molecule has 58 heavy (non-hydrogen) atoms. The predicted molar refractivity (Wildman–Crippen MR) is 179 cm³/mol. The summed E-state index contributed by atoms with van der Waals surface area (Å²) in [5.74, 6) is 1.11. The molecule has 0 unspecified atom stereocenters. The van der Waals surface area contributed by atoms with E-state index in [0.29, 0.717) is 11.6 Å². The Morgan fingerprint density at radius 3 is 0.534 bits per heavy atom. The minimum Gasteiger partial charge on any atom is -0.255 e. The molecule has 0 amide bonds. The summed E-state index contributed by atoms with van der Waals surface area (Å²) in [6.45, 7) is 0. The summed E-state index contributed by atoms with van der Waals surface area (Å²) in [5, 5.41) is 0. The monoisotopic (exact) mass is 1010 g/mol. The predicted octanol–water partition coefficient (Wildman–Crippen LogP) is 15.4. The van der Waals surface area contributed by atoms with Crippen molar-refractivity contribution < 1.29 is 95.0 Å². The van der Waals surface area contributed by atoms with E-state index in [1.807, 2.05) is 72.8 Å². The summed E-state index contributed by atoms with van der Waals surface area (Å²) in [4.78, 5) is 32.8. The molecule has 323 valence electrons. The van der Waals surface area contributed by atoms with E-state index in [1.165, 1.54) is 0 Å². The van der Waals surface area contributed by atoms with Crippen molar-refractivity contribution in [2.75, 3.05) is 0 Å². The van der Waals surface area contributed by atoms with Crippen LogP contribution in [-0.4, -0.2) is 39.9 Å². The molecule has 6 rings (SSSR count). The number of hydrogen-bond acceptors (Lipinski definition) is 8. The zero-order valence-corrected chi connectivity index (χ0v) is 32.2. The summed E-state index contributed by atoms with van der Waals surface area (Å²) in [7, 11) is -32.0. The number of hydrogen-bond donors (Lipinski definition) is 0. The van der Waals surface area contributed by atoms with E-state index >= 15 is 0 Å². The van der Waals surface area contributed by atoms with Gasteiger partial charge in [0.05, 0.1) is 22.8 Å². The molecule has 0 saturated heterocycles. The molecule has 0 aromatic carbocycles. The molecule has 30 heteroatoms. The van der Waals surface area contributed by atoms with Gasteiger partial charge in [-0.05, 0) is 60.7 Å². The van der Waals surface area contributed by atoms with Crippen LogP contribution in [0.15, 0.2) is 135 Å². The van der Waals surface area contributed by atoms with Crippen LogP contribution in [0.25, 0.3) is 34.4 Å². The summed E-state index contributed by atoms with van der Waals surface area (Å²) in [6, 6.07) is 26.7. The van der Waals surface area contributed by atoms with Gasteiger partial charge < -0.3 is 0 Å². The summed E-state index contributed by atoms with van der Waals surface area (Å²) >= 11 is 0. The molecule has 6 aromatic rings. The second-order valence-corrected chi connectivity index (χ2v) is 15.6. The van der Waals surface area contributed by atoms with Crippen molar-refractivity contribution >= 4 is 23.4 Å². The summed E-state index contributed by atoms with van der Waals surface area (Å²) < 4.78 is 178. The Bertz CT molecular complexity index is 1690. The standard InChI is InChI=1S/2C10H8N2.C8H6N4.3F6P.Ru/c2*1-3-7-11-9(5-1)10-6-2-4-8-12-10;1-3-9-7(10-4-1)8-11-5-2-6-12-8;3*1-7(2,3,4,5)6;/h2*1-8H;1-6H;;;;/q;;;3*-1;+3. The molecule has 0 spiro atoms. The van der Waals surface area contributed by atoms with E-state index in [2.05, 4.69) is 39.9 Å². The van der Waals surface area contributed by atoms with Gasteiger partial charge in [-0.15, -0.1) is 0 Å². The minimum atomic E-state index is -10.7. The third-order valence-electron chi connectivity index (χ3n) is 4.52. The maximum absolute atomic E-state index is 10.7. The minimum absolute atomic E-state index is 0. The normalized spacial score (nSPS) is 14.4. The van der Waals surface area contributed by atoms with Gasteiger partial charge in [-0.3, -0.25) is 19.9 Å². The van der Waals surface area contributed by atoms with Crippen LogP contribution in [0.3, 0.4) is 0 Å². The second kappa shape index (κ2) is 17.7. The zero-order valence-electron chi connectivity index (χ0n) is 27.8. The van der Waals surface area contributed by atoms with Crippen LogP contribution in [0.5, 0.6) is 0 Å². The average molecular weight is 1010 g/mol. The fourth-order valence-electron chi connectivity index (χ4n) is 2.89. The fourth-order valence-corrected chi connectivity index (χ4v) is 2.89. The van der Waals surface area contributed by atoms with Gasteiger partial charge in [0, 0.05) is 49.6 Å². The van der Waals surface area contributed by atoms with E-state index in [0.717, 1.165) is 22.8 Å². The third kappa shape index (κ3) is 42.6. The van der Waals surface area contributed by atoms with E-state index in [9.17, 15) is 75.5 Å². The molecule has 0 aliphatic rings. The maximum Gasteiger partial charge on any atom is 3.00 e. The van der Waals surface area contributed by atoms with E-state index in [4.69, 9.17) is 0 Å². The molecular weight excluding hydrogens is 984 g/mol. The van der Waals surface area contributed by atoms with Crippen molar-refractivity contribution in [3.05, 3.63) is 135 Å². The molecule has 0 N–H and O–H groups in total. The van der Waals surface area contributed by atoms with Crippen molar-refractivity contribution in [3.63, 3.8) is 0 Å². The quantitative estimate of drug-likeness (QED) is 0.0981. The Morgan fingerprint density at radius 1 is 0.241 bits per heavy atom. The Balaban J connectivity index is 0.000000684. The number of halogens is 18. The van der Waals surface area contributed by atoms with Crippen molar-refractivity contribution in [2.45, 2.75) is 0 Å². The van der Waals surface area contributed by atoms with Gasteiger partial charge in [0.25, 0.3) is 0 Å². The van der Waals surface area contributed by atoms with Crippen molar-refractivity contribution in [2.24, 2.45) is 0 Å². The summed E-state index contributed by atoms with van der Waals surface area (Å²) in [5.41, 5.74) is 3.66. The molecule has 6 aromatic heterocycles. The van der Waals surface area contributed by atoms with Gasteiger partial charge in [0.2, 0.25) is 0 Å². The molecular formula is C28H22F18N8P3Ru. The Labute approximate surface area is 326 Å². The van der Waals surface area contributed by atoms with Crippen LogP contribution >= 0.6 is 23.4 Å². The largest absolute Gasteiger partial charge is 3.00 e. The molecule has 0 atom stereocenters. The third-order valence-corrected chi connectivity index (χ3v) is 4.52. The Kier molecular flexibility index (Phi) is 16.3. The molecule has 0 fully saturated rings. The molecule has 0 saturated carbocycles. The van der Waals surface area contributed by atoms with Gasteiger partial charge in [0.1, 0.15) is 0 Å². The first-order chi connectivity index (χ1) is 25.2. The number of rotatable bonds is 3. The van der Waals surface area contributed by atoms with Crippen LogP contribution in [-0.2, 0) is 19.5 Å². The zero-order chi connectivity index (χ0) is 43.9. The first kappa shape index (κ1) is 53.4. The average Bonchev–Trinajstić information content (AvgIpc) is 3.07. The van der Waals surface area contributed by atoms with Crippen LogP contribution in [0.1, 0.15) is 0 Å². The van der Waals surface area contributed by atoms with Gasteiger partial charge in [0.15, 0.2) is 11.6 Å². The fraction of sp³-hybridized carbons (Fsp3) is 0. The second-order valence-electron chi connectivity index (χ2n) is 9.88. The Morgan fingerprint density at radius 2 is 0.397 bits per heavy atom. The maximum atomic E-state index is 9.87. The number of aromatic nitrogens is 8.